The third-order valence-electron chi connectivity index (χ3n) is 3.77. The van der Waals surface area contributed by atoms with Crippen molar-refractivity contribution in [2.45, 2.75) is 71.8 Å². The lowest BCUT2D eigenvalue weighted by molar-refractivity contribution is -0.142. The van der Waals surface area contributed by atoms with Gasteiger partial charge in [0.2, 0.25) is 5.91 Å². The van der Waals surface area contributed by atoms with Gasteiger partial charge in [0, 0.05) is 12.5 Å². The van der Waals surface area contributed by atoms with Crippen LogP contribution in [0.25, 0.3) is 0 Å². The fourth-order valence-corrected chi connectivity index (χ4v) is 2.56. The molecule has 1 aliphatic rings. The zero-order valence-electron chi connectivity index (χ0n) is 12.4. The standard InChI is InChI=1S/C15H27NO3/c1-15(2,3)10-4-5-13(17)16-12-8-6-11(7-9-12)14(18)19/h11-12H,4-10H2,1-3H3,(H,16,17)(H,18,19). The molecule has 0 bridgehead atoms. The molecule has 1 amide bonds. The van der Waals surface area contributed by atoms with Gasteiger partial charge in [0.25, 0.3) is 0 Å². The van der Waals surface area contributed by atoms with Crippen LogP contribution in [0.2, 0.25) is 0 Å². The Morgan fingerprint density at radius 2 is 1.74 bits per heavy atom. The molecule has 0 aliphatic heterocycles. The molecule has 19 heavy (non-hydrogen) atoms. The van der Waals surface area contributed by atoms with E-state index in [0.717, 1.165) is 25.7 Å². The Kier molecular flexibility index (Phi) is 5.83. The third kappa shape index (κ3) is 6.60. The number of rotatable bonds is 5. The Balaban J connectivity index is 2.18. The van der Waals surface area contributed by atoms with Crippen molar-refractivity contribution in [2.24, 2.45) is 11.3 Å². The highest BCUT2D eigenvalue weighted by molar-refractivity contribution is 5.76. The van der Waals surface area contributed by atoms with Crippen molar-refractivity contribution in [1.82, 2.24) is 5.32 Å². The maximum absolute atomic E-state index is 11.8. The molecular weight excluding hydrogens is 242 g/mol. The molecule has 0 heterocycles. The second-order valence-electron chi connectivity index (χ2n) is 6.87. The predicted molar refractivity (Wildman–Crippen MR) is 74.8 cm³/mol. The van der Waals surface area contributed by atoms with Gasteiger partial charge in [0.15, 0.2) is 0 Å². The predicted octanol–water partition coefficient (Wildman–Crippen LogP) is 2.96. The van der Waals surface area contributed by atoms with Gasteiger partial charge in [-0.15, -0.1) is 0 Å². The molecule has 1 rings (SSSR count). The second kappa shape index (κ2) is 6.92. The normalized spacial score (nSPS) is 23.9. The molecule has 0 saturated heterocycles. The lowest BCUT2D eigenvalue weighted by Crippen LogP contribution is -2.38. The van der Waals surface area contributed by atoms with Gasteiger partial charge in [-0.1, -0.05) is 20.8 Å². The lowest BCUT2D eigenvalue weighted by Gasteiger charge is -2.27. The molecule has 1 aliphatic carbocycles. The van der Waals surface area contributed by atoms with Crippen LogP contribution in [-0.4, -0.2) is 23.0 Å². The molecule has 110 valence electrons. The largest absolute Gasteiger partial charge is 0.481 e. The zero-order chi connectivity index (χ0) is 14.5. The Morgan fingerprint density at radius 1 is 1.16 bits per heavy atom. The Hall–Kier alpha value is -1.06. The van der Waals surface area contributed by atoms with Gasteiger partial charge < -0.3 is 10.4 Å². The maximum Gasteiger partial charge on any atom is 0.306 e. The van der Waals surface area contributed by atoms with Gasteiger partial charge in [0.1, 0.15) is 0 Å². The number of amides is 1. The number of aliphatic carboxylic acids is 1. The van der Waals surface area contributed by atoms with E-state index in [4.69, 9.17) is 5.11 Å². The van der Waals surface area contributed by atoms with Crippen LogP contribution >= 0.6 is 0 Å². The summed E-state index contributed by atoms with van der Waals surface area (Å²) in [5, 5.41) is 11.9. The summed E-state index contributed by atoms with van der Waals surface area (Å²) in [5.74, 6) is -0.799. The summed E-state index contributed by atoms with van der Waals surface area (Å²) in [6, 6.07) is 0.178. The maximum atomic E-state index is 11.8. The fraction of sp³-hybridized carbons (Fsp3) is 0.867. The van der Waals surface area contributed by atoms with E-state index in [1.807, 2.05) is 0 Å². The van der Waals surface area contributed by atoms with Crippen LogP contribution in [0.3, 0.4) is 0 Å². The number of hydrogen-bond acceptors (Lipinski definition) is 2. The van der Waals surface area contributed by atoms with E-state index in [-0.39, 0.29) is 23.3 Å². The van der Waals surface area contributed by atoms with E-state index in [0.29, 0.717) is 19.3 Å². The number of carboxylic acid groups (broad SMARTS) is 1. The van der Waals surface area contributed by atoms with Gasteiger partial charge in [-0.3, -0.25) is 9.59 Å². The molecule has 0 radical (unpaired) electrons. The van der Waals surface area contributed by atoms with Crippen molar-refractivity contribution in [3.63, 3.8) is 0 Å². The SMILES string of the molecule is CC(C)(C)CCCC(=O)NC1CCC(C(=O)O)CC1. The van der Waals surface area contributed by atoms with Crippen molar-refractivity contribution < 1.29 is 14.7 Å². The number of carbonyl (C=O) groups excluding carboxylic acids is 1. The molecule has 0 aromatic carbocycles. The van der Waals surface area contributed by atoms with Crippen LogP contribution in [0.4, 0.5) is 0 Å². The van der Waals surface area contributed by atoms with Gasteiger partial charge in [0.05, 0.1) is 5.92 Å². The average molecular weight is 269 g/mol. The van der Waals surface area contributed by atoms with Crippen LogP contribution in [0.5, 0.6) is 0 Å². The summed E-state index contributed by atoms with van der Waals surface area (Å²) >= 11 is 0. The lowest BCUT2D eigenvalue weighted by atomic mass is 9.86. The van der Waals surface area contributed by atoms with E-state index in [1.54, 1.807) is 0 Å². The summed E-state index contributed by atoms with van der Waals surface area (Å²) < 4.78 is 0. The van der Waals surface area contributed by atoms with Crippen LogP contribution in [0.15, 0.2) is 0 Å². The van der Waals surface area contributed by atoms with Gasteiger partial charge in [-0.25, -0.2) is 0 Å². The zero-order valence-corrected chi connectivity index (χ0v) is 12.4. The molecule has 2 N–H and O–H groups in total. The van der Waals surface area contributed by atoms with Gasteiger partial charge in [-0.05, 0) is 43.9 Å². The highest BCUT2D eigenvalue weighted by Gasteiger charge is 2.26. The smallest absolute Gasteiger partial charge is 0.306 e. The first kappa shape index (κ1) is 16.0. The van der Waals surface area contributed by atoms with E-state index in [9.17, 15) is 9.59 Å². The van der Waals surface area contributed by atoms with Gasteiger partial charge in [-0.2, -0.15) is 0 Å². The molecule has 1 fully saturated rings. The van der Waals surface area contributed by atoms with E-state index in [1.165, 1.54) is 0 Å². The third-order valence-corrected chi connectivity index (χ3v) is 3.77. The summed E-state index contributed by atoms with van der Waals surface area (Å²) in [5.41, 5.74) is 0.278. The molecule has 0 aromatic heterocycles. The number of carboxylic acids is 1. The Morgan fingerprint density at radius 3 is 2.21 bits per heavy atom. The topological polar surface area (TPSA) is 66.4 Å². The first-order valence-electron chi connectivity index (χ1n) is 7.30. The monoisotopic (exact) mass is 269 g/mol. The van der Waals surface area contributed by atoms with Crippen LogP contribution < -0.4 is 5.32 Å². The number of carbonyl (C=O) groups is 2. The summed E-state index contributed by atoms with van der Waals surface area (Å²) in [6.45, 7) is 6.54. The van der Waals surface area contributed by atoms with Crippen LogP contribution in [0.1, 0.15) is 65.7 Å². The molecule has 4 heteroatoms. The van der Waals surface area contributed by atoms with Crippen LogP contribution in [0, 0.1) is 11.3 Å². The quantitative estimate of drug-likeness (QED) is 0.806. The average Bonchev–Trinajstić information content (AvgIpc) is 2.27. The highest BCUT2D eigenvalue weighted by Crippen LogP contribution is 2.25. The minimum atomic E-state index is -0.699. The molecule has 0 unspecified atom stereocenters. The van der Waals surface area contributed by atoms with Gasteiger partial charge >= 0.3 is 5.97 Å². The first-order chi connectivity index (χ1) is 8.78. The molecule has 0 spiro atoms. The van der Waals surface area contributed by atoms with Crippen molar-refractivity contribution >= 4 is 11.9 Å². The fourth-order valence-electron chi connectivity index (χ4n) is 2.56. The Bertz CT molecular complexity index is 312. The molecule has 1 saturated carbocycles. The highest BCUT2D eigenvalue weighted by atomic mass is 16.4. The minimum absolute atomic E-state index is 0.114. The summed E-state index contributed by atoms with van der Waals surface area (Å²) in [7, 11) is 0. The molecule has 0 aromatic rings. The van der Waals surface area contributed by atoms with Crippen LogP contribution in [-0.2, 0) is 9.59 Å². The Labute approximate surface area is 116 Å². The molecular formula is C15H27NO3. The first-order valence-corrected chi connectivity index (χ1v) is 7.30. The van der Waals surface area contributed by atoms with Crippen molar-refractivity contribution in [3.05, 3.63) is 0 Å². The van der Waals surface area contributed by atoms with Crippen molar-refractivity contribution in [1.29, 1.82) is 0 Å². The van der Waals surface area contributed by atoms with E-state index in [2.05, 4.69) is 26.1 Å². The summed E-state index contributed by atoms with van der Waals surface area (Å²) in [6.07, 6.45) is 5.50. The van der Waals surface area contributed by atoms with Crippen molar-refractivity contribution in [3.8, 4) is 0 Å². The van der Waals surface area contributed by atoms with E-state index >= 15 is 0 Å². The minimum Gasteiger partial charge on any atom is -0.481 e. The number of nitrogens with one attached hydrogen (secondary N) is 1. The van der Waals surface area contributed by atoms with E-state index < -0.39 is 5.97 Å². The molecule has 4 nitrogen and oxygen atoms in total. The van der Waals surface area contributed by atoms with Crippen molar-refractivity contribution in [2.75, 3.05) is 0 Å². The summed E-state index contributed by atoms with van der Waals surface area (Å²) in [4.78, 5) is 22.6. The number of hydrogen-bond donors (Lipinski definition) is 2. The molecule has 0 atom stereocenters. The second-order valence-corrected chi connectivity index (χ2v) is 6.87.